The van der Waals surface area contributed by atoms with Crippen LogP contribution in [0.2, 0.25) is 0 Å². The first-order valence-electron chi connectivity index (χ1n) is 3.61. The molecule has 66 valence electrons. The fourth-order valence-corrected chi connectivity index (χ4v) is 1.28. The zero-order chi connectivity index (χ0) is 9.42. The number of nitrogens with zero attached hydrogens (tertiary/aromatic N) is 2. The molecule has 0 aliphatic rings. The van der Waals surface area contributed by atoms with Gasteiger partial charge in [0.05, 0.1) is 15.8 Å². The van der Waals surface area contributed by atoms with Crippen LogP contribution in [-0.4, -0.2) is 9.71 Å². The highest BCUT2D eigenvalue weighted by molar-refractivity contribution is 5.88. The third-order valence-electron chi connectivity index (χ3n) is 1.86. The molecule has 0 amide bonds. The number of nitro benzene ring substituents is 1. The van der Waals surface area contributed by atoms with Gasteiger partial charge >= 0.3 is 0 Å². The molecule has 0 fully saturated rings. The van der Waals surface area contributed by atoms with E-state index in [1.807, 2.05) is 0 Å². The summed E-state index contributed by atoms with van der Waals surface area (Å²) in [6.45, 7) is 0. The molecule has 0 aliphatic carbocycles. The van der Waals surface area contributed by atoms with E-state index in [4.69, 9.17) is 0 Å². The van der Waals surface area contributed by atoms with Crippen LogP contribution < -0.4 is 0 Å². The van der Waals surface area contributed by atoms with E-state index in [9.17, 15) is 14.6 Å². The molecule has 0 N–H and O–H groups in total. The van der Waals surface area contributed by atoms with Gasteiger partial charge in [0.2, 0.25) is 0 Å². The number of benzene rings is 1. The second kappa shape index (κ2) is 2.55. The van der Waals surface area contributed by atoms with Gasteiger partial charge < -0.3 is 0 Å². The van der Waals surface area contributed by atoms with Crippen LogP contribution in [0.15, 0.2) is 30.5 Å². The molecule has 0 atom stereocenters. The molecular formula is C8H5FN2O2. The Kier molecular flexibility index (Phi) is 1.51. The highest BCUT2D eigenvalue weighted by Gasteiger charge is 2.13. The van der Waals surface area contributed by atoms with Crippen LogP contribution in [0.25, 0.3) is 10.9 Å². The summed E-state index contributed by atoms with van der Waals surface area (Å²) >= 11 is 0. The molecule has 1 heterocycles. The number of hydrogen-bond acceptors (Lipinski definition) is 2. The van der Waals surface area contributed by atoms with Crippen molar-refractivity contribution in [3.05, 3.63) is 40.6 Å². The first-order chi connectivity index (χ1) is 6.20. The lowest BCUT2D eigenvalue weighted by Gasteiger charge is -1.93. The van der Waals surface area contributed by atoms with Crippen LogP contribution in [0.1, 0.15) is 0 Å². The Morgan fingerprint density at radius 3 is 2.85 bits per heavy atom. The standard InChI is InChI=1S/C8H5FN2O2/c9-10-5-4-6-7(10)2-1-3-8(6)11(12)13/h1-5H. The molecule has 1 aromatic carbocycles. The minimum atomic E-state index is -0.525. The quantitative estimate of drug-likeness (QED) is 0.499. The third-order valence-corrected chi connectivity index (χ3v) is 1.86. The van der Waals surface area contributed by atoms with Crippen molar-refractivity contribution in [2.24, 2.45) is 0 Å². The number of non-ortho nitro benzene ring substituents is 1. The Balaban J connectivity index is 2.84. The van der Waals surface area contributed by atoms with Gasteiger partial charge in [0.1, 0.15) is 0 Å². The molecule has 1 aromatic heterocycles. The normalized spacial score (nSPS) is 10.5. The summed E-state index contributed by atoms with van der Waals surface area (Å²) in [5.41, 5.74) is 0.142. The van der Waals surface area contributed by atoms with E-state index < -0.39 is 4.92 Å². The monoisotopic (exact) mass is 180 g/mol. The Morgan fingerprint density at radius 2 is 2.15 bits per heavy atom. The SMILES string of the molecule is O=[N+]([O-])c1cccc2c1ccn2F. The minimum absolute atomic E-state index is 0.0751. The highest BCUT2D eigenvalue weighted by atomic mass is 19.2. The smallest absolute Gasteiger partial charge is 0.258 e. The summed E-state index contributed by atoms with van der Waals surface area (Å²) in [6.07, 6.45) is 1.15. The summed E-state index contributed by atoms with van der Waals surface area (Å²) in [5.74, 6) is 0. The summed E-state index contributed by atoms with van der Waals surface area (Å²) < 4.78 is 12.9. The predicted molar refractivity (Wildman–Crippen MR) is 45.1 cm³/mol. The van der Waals surface area contributed by atoms with Crippen molar-refractivity contribution in [3.8, 4) is 0 Å². The molecule has 0 spiro atoms. The van der Waals surface area contributed by atoms with E-state index in [0.717, 1.165) is 6.20 Å². The molecule has 0 radical (unpaired) electrons. The molecule has 0 saturated heterocycles. The zero-order valence-electron chi connectivity index (χ0n) is 6.48. The molecule has 4 nitrogen and oxygen atoms in total. The molecule has 13 heavy (non-hydrogen) atoms. The average molecular weight is 180 g/mol. The fraction of sp³-hybridized carbons (Fsp3) is 0. The number of nitro groups is 1. The molecule has 2 rings (SSSR count). The summed E-state index contributed by atoms with van der Waals surface area (Å²) in [4.78, 5) is 10.3. The van der Waals surface area contributed by atoms with E-state index >= 15 is 0 Å². The second-order valence-electron chi connectivity index (χ2n) is 2.59. The van der Waals surface area contributed by atoms with Gasteiger partial charge in [0.15, 0.2) is 0 Å². The topological polar surface area (TPSA) is 48.1 Å². The number of rotatable bonds is 1. The molecular weight excluding hydrogens is 175 g/mol. The van der Waals surface area contributed by atoms with Gasteiger partial charge in [-0.2, -0.15) is 4.79 Å². The number of halogens is 1. The van der Waals surface area contributed by atoms with Crippen molar-refractivity contribution < 1.29 is 9.40 Å². The maximum Gasteiger partial charge on any atom is 0.278 e. The Labute approximate surface area is 72.3 Å². The lowest BCUT2D eigenvalue weighted by molar-refractivity contribution is -0.383. The Hall–Kier alpha value is -1.91. The highest BCUT2D eigenvalue weighted by Crippen LogP contribution is 2.25. The van der Waals surface area contributed by atoms with E-state index in [1.54, 1.807) is 0 Å². The van der Waals surface area contributed by atoms with Gasteiger partial charge in [-0.3, -0.25) is 10.1 Å². The number of hydrogen-bond donors (Lipinski definition) is 0. The van der Waals surface area contributed by atoms with Gasteiger partial charge in [0, 0.05) is 12.3 Å². The first kappa shape index (κ1) is 7.72. The lowest BCUT2D eigenvalue weighted by Crippen LogP contribution is -1.88. The van der Waals surface area contributed by atoms with Crippen LogP contribution in [0.4, 0.5) is 10.2 Å². The summed E-state index contributed by atoms with van der Waals surface area (Å²) in [5, 5.41) is 10.8. The van der Waals surface area contributed by atoms with Gasteiger partial charge in [-0.05, 0) is 12.1 Å². The van der Waals surface area contributed by atoms with Crippen LogP contribution in [0.5, 0.6) is 0 Å². The van der Waals surface area contributed by atoms with Gasteiger partial charge in [-0.1, -0.05) is 10.5 Å². The predicted octanol–water partition coefficient (Wildman–Crippen LogP) is 2.28. The van der Waals surface area contributed by atoms with Crippen molar-refractivity contribution >= 4 is 16.6 Å². The van der Waals surface area contributed by atoms with Crippen LogP contribution in [0, 0.1) is 10.1 Å². The Morgan fingerprint density at radius 1 is 1.38 bits per heavy atom. The van der Waals surface area contributed by atoms with Gasteiger partial charge in [-0.25, -0.2) is 0 Å². The Bertz CT molecular complexity index is 478. The van der Waals surface area contributed by atoms with Crippen molar-refractivity contribution in [2.75, 3.05) is 0 Å². The maximum atomic E-state index is 12.9. The largest absolute Gasteiger partial charge is 0.278 e. The molecule has 2 aromatic rings. The lowest BCUT2D eigenvalue weighted by atomic mass is 10.2. The maximum absolute atomic E-state index is 12.9. The zero-order valence-corrected chi connectivity index (χ0v) is 6.48. The molecule has 0 aliphatic heterocycles. The van der Waals surface area contributed by atoms with Crippen LogP contribution in [0.3, 0.4) is 0 Å². The molecule has 0 unspecified atom stereocenters. The van der Waals surface area contributed by atoms with E-state index in [0.29, 0.717) is 10.2 Å². The van der Waals surface area contributed by atoms with Crippen LogP contribution >= 0.6 is 0 Å². The molecule has 5 heteroatoms. The van der Waals surface area contributed by atoms with Crippen molar-refractivity contribution in [3.63, 3.8) is 0 Å². The number of aromatic nitrogens is 1. The minimum Gasteiger partial charge on any atom is -0.258 e. The van der Waals surface area contributed by atoms with Crippen molar-refractivity contribution in [1.29, 1.82) is 0 Å². The van der Waals surface area contributed by atoms with E-state index in [1.165, 1.54) is 24.3 Å². The number of fused-ring (bicyclic) bond motifs is 1. The van der Waals surface area contributed by atoms with Gasteiger partial charge in [-0.15, -0.1) is 0 Å². The third kappa shape index (κ3) is 1.05. The summed E-state index contributed by atoms with van der Waals surface area (Å²) in [7, 11) is 0. The van der Waals surface area contributed by atoms with E-state index in [2.05, 4.69) is 0 Å². The van der Waals surface area contributed by atoms with Gasteiger partial charge in [0.25, 0.3) is 5.69 Å². The second-order valence-corrected chi connectivity index (χ2v) is 2.59. The van der Waals surface area contributed by atoms with Crippen LogP contribution in [-0.2, 0) is 0 Å². The van der Waals surface area contributed by atoms with E-state index in [-0.39, 0.29) is 11.2 Å². The molecule has 0 bridgehead atoms. The molecule has 0 saturated carbocycles. The summed E-state index contributed by atoms with van der Waals surface area (Å²) in [6, 6.07) is 5.68. The van der Waals surface area contributed by atoms with Crippen molar-refractivity contribution in [2.45, 2.75) is 0 Å². The average Bonchev–Trinajstić information content (AvgIpc) is 2.48. The fourth-order valence-electron chi connectivity index (χ4n) is 1.28. The van der Waals surface area contributed by atoms with Crippen molar-refractivity contribution in [1.82, 2.24) is 4.79 Å². The first-order valence-corrected chi connectivity index (χ1v) is 3.61.